The summed E-state index contributed by atoms with van der Waals surface area (Å²) < 4.78 is 2.37. The van der Waals surface area contributed by atoms with E-state index in [0.717, 1.165) is 10.8 Å². The number of para-hydroxylation sites is 2. The van der Waals surface area contributed by atoms with Crippen molar-refractivity contribution in [3.63, 3.8) is 0 Å². The van der Waals surface area contributed by atoms with Gasteiger partial charge in [-0.25, -0.2) is 0 Å². The summed E-state index contributed by atoms with van der Waals surface area (Å²) in [6.07, 6.45) is 0. The van der Waals surface area contributed by atoms with Crippen LogP contribution >= 0.6 is 0 Å². The third-order valence-corrected chi connectivity index (χ3v) is 10.8. The first kappa shape index (κ1) is 22.1. The van der Waals surface area contributed by atoms with Gasteiger partial charge in [0.1, 0.15) is 0 Å². The summed E-state index contributed by atoms with van der Waals surface area (Å²) in [5, 5.41) is 1.73. The van der Waals surface area contributed by atoms with Gasteiger partial charge in [0.2, 0.25) is 0 Å². The fraction of sp³-hybridized carbons (Fsp3) is 0.114. The van der Waals surface area contributed by atoms with Crippen LogP contribution in [0.2, 0.25) is 0 Å². The van der Waals surface area contributed by atoms with E-state index in [1.165, 1.54) is 53.3 Å². The molecular formula is C35H25NOSe. The van der Waals surface area contributed by atoms with Gasteiger partial charge in [0.15, 0.2) is 0 Å². The zero-order valence-electron chi connectivity index (χ0n) is 21.2. The minimum absolute atomic E-state index is 0.0936. The molecule has 3 heteroatoms. The Hall–Kier alpha value is -3.91. The molecule has 2 aliphatic rings. The molecule has 0 atom stereocenters. The maximum atomic E-state index is 13.9. The van der Waals surface area contributed by atoms with Crippen LogP contribution in [-0.2, 0) is 5.41 Å². The van der Waals surface area contributed by atoms with Gasteiger partial charge in [-0.05, 0) is 0 Å². The first-order chi connectivity index (χ1) is 18.6. The Morgan fingerprint density at radius 2 is 1.21 bits per heavy atom. The number of anilines is 2. The SMILES string of the molecule is CC(C)N1c2ccccc2C2(c3ccccc3-c3cc4[se]c5ccccc5c(=O)c4cc32)c2ccccc21. The molecule has 5 aromatic carbocycles. The summed E-state index contributed by atoms with van der Waals surface area (Å²) in [6.45, 7) is 4.52. The van der Waals surface area contributed by atoms with Crippen molar-refractivity contribution in [2.75, 3.05) is 4.90 Å². The van der Waals surface area contributed by atoms with Crippen molar-refractivity contribution in [3.8, 4) is 11.1 Å². The van der Waals surface area contributed by atoms with E-state index in [-0.39, 0.29) is 19.9 Å². The van der Waals surface area contributed by atoms with Gasteiger partial charge in [0.05, 0.1) is 0 Å². The Morgan fingerprint density at radius 3 is 1.92 bits per heavy atom. The molecule has 2 nitrogen and oxygen atoms in total. The molecule has 1 aromatic heterocycles. The zero-order chi connectivity index (χ0) is 25.6. The molecule has 0 amide bonds. The predicted molar refractivity (Wildman–Crippen MR) is 159 cm³/mol. The maximum absolute atomic E-state index is 13.9. The summed E-state index contributed by atoms with van der Waals surface area (Å²) >= 11 is 0.0936. The normalized spacial score (nSPS) is 14.6. The molecule has 2 heterocycles. The van der Waals surface area contributed by atoms with Gasteiger partial charge in [-0.15, -0.1) is 0 Å². The van der Waals surface area contributed by atoms with E-state index in [2.05, 4.69) is 110 Å². The van der Waals surface area contributed by atoms with Gasteiger partial charge in [0, 0.05) is 0 Å². The topological polar surface area (TPSA) is 20.3 Å². The molecule has 0 N–H and O–H groups in total. The third kappa shape index (κ3) is 2.65. The van der Waals surface area contributed by atoms with Crippen LogP contribution in [0.5, 0.6) is 0 Å². The van der Waals surface area contributed by atoms with Crippen molar-refractivity contribution in [2.24, 2.45) is 0 Å². The number of fused-ring (bicyclic) bond motifs is 11. The molecule has 0 radical (unpaired) electrons. The average Bonchev–Trinajstić information content (AvgIpc) is 3.22. The van der Waals surface area contributed by atoms with Gasteiger partial charge >= 0.3 is 228 Å². The Balaban J connectivity index is 1.59. The van der Waals surface area contributed by atoms with Crippen LogP contribution in [0.15, 0.2) is 114 Å². The first-order valence-corrected chi connectivity index (χ1v) is 14.9. The van der Waals surface area contributed by atoms with E-state index in [4.69, 9.17) is 0 Å². The molecular weight excluding hydrogens is 529 g/mol. The van der Waals surface area contributed by atoms with E-state index in [1.54, 1.807) is 0 Å². The molecule has 6 aromatic rings. The Labute approximate surface area is 227 Å². The summed E-state index contributed by atoms with van der Waals surface area (Å²) in [6, 6.07) is 39.6. The predicted octanol–water partition coefficient (Wildman–Crippen LogP) is 7.63. The number of hydrogen-bond donors (Lipinski definition) is 0. The quantitative estimate of drug-likeness (QED) is 0.154. The van der Waals surface area contributed by atoms with Crippen molar-refractivity contribution < 1.29 is 0 Å². The van der Waals surface area contributed by atoms with Crippen LogP contribution in [0.25, 0.3) is 30.4 Å². The molecule has 38 heavy (non-hydrogen) atoms. The summed E-state index contributed by atoms with van der Waals surface area (Å²) in [4.78, 5) is 16.4. The molecule has 1 aliphatic carbocycles. The van der Waals surface area contributed by atoms with E-state index in [0.29, 0.717) is 6.04 Å². The van der Waals surface area contributed by atoms with Gasteiger partial charge in [0.25, 0.3) is 0 Å². The van der Waals surface area contributed by atoms with Crippen molar-refractivity contribution >= 4 is 45.2 Å². The van der Waals surface area contributed by atoms with Crippen LogP contribution in [0.4, 0.5) is 11.4 Å². The number of rotatable bonds is 1. The zero-order valence-corrected chi connectivity index (χ0v) is 22.9. The monoisotopic (exact) mass is 555 g/mol. The molecule has 1 spiro atoms. The van der Waals surface area contributed by atoms with Gasteiger partial charge in [-0.3, -0.25) is 0 Å². The molecule has 1 aliphatic heterocycles. The third-order valence-electron chi connectivity index (χ3n) is 8.39. The second-order valence-corrected chi connectivity index (χ2v) is 12.9. The summed E-state index contributed by atoms with van der Waals surface area (Å²) in [5.74, 6) is 0. The molecule has 0 fully saturated rings. The number of hydrogen-bond acceptors (Lipinski definition) is 2. The van der Waals surface area contributed by atoms with E-state index in [1.807, 2.05) is 18.2 Å². The van der Waals surface area contributed by atoms with Crippen molar-refractivity contribution in [3.05, 3.63) is 142 Å². The van der Waals surface area contributed by atoms with E-state index in [9.17, 15) is 4.79 Å². The Morgan fingerprint density at radius 1 is 0.605 bits per heavy atom. The van der Waals surface area contributed by atoms with E-state index >= 15 is 0 Å². The fourth-order valence-electron chi connectivity index (χ4n) is 6.98. The minimum atomic E-state index is -0.482. The molecule has 0 bridgehead atoms. The van der Waals surface area contributed by atoms with Gasteiger partial charge in [-0.2, -0.15) is 0 Å². The van der Waals surface area contributed by atoms with Crippen LogP contribution < -0.4 is 10.3 Å². The molecule has 0 unspecified atom stereocenters. The Bertz CT molecular complexity index is 1950. The van der Waals surface area contributed by atoms with Crippen LogP contribution in [0, 0.1) is 0 Å². The van der Waals surface area contributed by atoms with Crippen molar-refractivity contribution in [2.45, 2.75) is 25.3 Å². The second kappa shape index (κ2) is 7.80. The van der Waals surface area contributed by atoms with Crippen LogP contribution in [-0.4, -0.2) is 20.5 Å². The van der Waals surface area contributed by atoms with Crippen LogP contribution in [0.3, 0.4) is 0 Å². The molecule has 0 saturated heterocycles. The fourth-order valence-corrected chi connectivity index (χ4v) is 9.28. The number of nitrogens with zero attached hydrogens (tertiary/aromatic N) is 1. The van der Waals surface area contributed by atoms with Crippen molar-refractivity contribution in [1.29, 1.82) is 0 Å². The average molecular weight is 555 g/mol. The Kier molecular flexibility index (Phi) is 4.54. The summed E-state index contributed by atoms with van der Waals surface area (Å²) in [5.41, 5.74) is 9.78. The van der Waals surface area contributed by atoms with E-state index < -0.39 is 5.41 Å². The summed E-state index contributed by atoms with van der Waals surface area (Å²) in [7, 11) is 0. The number of benzene rings is 5. The van der Waals surface area contributed by atoms with Crippen LogP contribution in [0.1, 0.15) is 36.1 Å². The standard InChI is InChI=1S/C35H25NOSe/c1-21(2)36-30-16-8-6-14-27(30)35(28-15-7-9-17-31(28)36)26-13-5-3-11-22(26)24-20-33-25(19-29(24)35)34(37)23-12-4-10-18-32(23)38-33/h3-21H,1-2H3. The molecule has 0 saturated carbocycles. The first-order valence-electron chi connectivity index (χ1n) is 13.2. The molecule has 182 valence electrons. The van der Waals surface area contributed by atoms with Gasteiger partial charge in [-0.1, -0.05) is 0 Å². The van der Waals surface area contributed by atoms with Crippen molar-refractivity contribution in [1.82, 2.24) is 0 Å². The van der Waals surface area contributed by atoms with Gasteiger partial charge < -0.3 is 0 Å². The molecule has 8 rings (SSSR count). The second-order valence-electron chi connectivity index (χ2n) is 10.6.